The van der Waals surface area contributed by atoms with Gasteiger partial charge in [-0.1, -0.05) is 164 Å². The summed E-state index contributed by atoms with van der Waals surface area (Å²) in [6.45, 7) is 16.3. The van der Waals surface area contributed by atoms with Crippen molar-refractivity contribution in [2.45, 2.75) is 83.5 Å². The molecule has 1 unspecified atom stereocenters. The largest absolute Gasteiger partial charge is 0.208 e. The first-order chi connectivity index (χ1) is 24.4. The van der Waals surface area contributed by atoms with Crippen molar-refractivity contribution in [1.82, 2.24) is 15.0 Å². The van der Waals surface area contributed by atoms with Crippen LogP contribution >= 0.6 is 0 Å². The van der Waals surface area contributed by atoms with Crippen molar-refractivity contribution in [1.29, 1.82) is 0 Å². The van der Waals surface area contributed by atoms with Gasteiger partial charge in [-0.3, -0.25) is 0 Å². The number of hydrogen-bond donors (Lipinski definition) is 0. The minimum atomic E-state index is 0.0598. The molecule has 0 aliphatic heterocycles. The molecule has 0 fully saturated rings. The van der Waals surface area contributed by atoms with Gasteiger partial charge < -0.3 is 0 Å². The predicted molar refractivity (Wildman–Crippen MR) is 213 cm³/mol. The fraction of sp³-hybridized carbons (Fsp3) is 0.271. The molecule has 8 rings (SSSR count). The molecule has 3 heteroatoms. The Balaban J connectivity index is 1.33. The Morgan fingerprint density at radius 2 is 1.14 bits per heavy atom. The first-order valence-corrected chi connectivity index (χ1v) is 18.3. The summed E-state index contributed by atoms with van der Waals surface area (Å²) in [5, 5.41) is 0. The zero-order valence-electron chi connectivity index (χ0n) is 31.0. The molecule has 5 aromatic carbocycles. The number of benzene rings is 5. The zero-order valence-corrected chi connectivity index (χ0v) is 31.0. The summed E-state index contributed by atoms with van der Waals surface area (Å²) in [6, 6.07) is 41.9. The average molecular weight is 666 g/mol. The quantitative estimate of drug-likeness (QED) is 0.184. The smallest absolute Gasteiger partial charge is 0.164 e. The van der Waals surface area contributed by atoms with Gasteiger partial charge in [-0.25, -0.2) is 15.0 Å². The Morgan fingerprint density at radius 1 is 0.549 bits per heavy atom. The van der Waals surface area contributed by atoms with Crippen molar-refractivity contribution in [2.24, 2.45) is 0 Å². The Labute approximate surface area is 303 Å². The van der Waals surface area contributed by atoms with Crippen molar-refractivity contribution in [2.75, 3.05) is 0 Å². The van der Waals surface area contributed by atoms with E-state index in [2.05, 4.69) is 158 Å². The van der Waals surface area contributed by atoms with E-state index in [-0.39, 0.29) is 22.2 Å². The Bertz CT molecular complexity index is 2290. The second-order valence-electron chi connectivity index (χ2n) is 16.9. The first kappa shape index (κ1) is 33.0. The van der Waals surface area contributed by atoms with E-state index in [1.165, 1.54) is 44.5 Å². The second kappa shape index (κ2) is 12.3. The molecule has 0 spiro atoms. The van der Waals surface area contributed by atoms with E-state index in [0.29, 0.717) is 17.5 Å². The Kier molecular flexibility index (Phi) is 7.94. The summed E-state index contributed by atoms with van der Waals surface area (Å²) in [7, 11) is 0. The summed E-state index contributed by atoms with van der Waals surface area (Å²) in [5.74, 6) is 2.27. The Morgan fingerprint density at radius 3 is 1.84 bits per heavy atom. The molecule has 3 nitrogen and oxygen atoms in total. The monoisotopic (exact) mass is 665 g/mol. The molecule has 2 aliphatic carbocycles. The van der Waals surface area contributed by atoms with Gasteiger partial charge in [-0.05, 0) is 85.7 Å². The molecular formula is C48H47N3. The van der Waals surface area contributed by atoms with Gasteiger partial charge in [0.25, 0.3) is 0 Å². The maximum absolute atomic E-state index is 5.22. The molecule has 0 saturated carbocycles. The summed E-state index contributed by atoms with van der Waals surface area (Å²) < 4.78 is 0. The first-order valence-electron chi connectivity index (χ1n) is 18.3. The van der Waals surface area contributed by atoms with Crippen LogP contribution in [-0.4, -0.2) is 15.0 Å². The van der Waals surface area contributed by atoms with Crippen LogP contribution in [-0.2, 0) is 16.2 Å². The standard InChI is InChI=1S/C48H47N3/c1-46(2,3)38-23-20-33(21-24-38)44-49-43(32-15-9-8-10-16-32)50-45(51-44)37-27-35(34-22-25-41-42(29-34)48(6,7)30-47(41,4)5)26-36(28-37)40-19-13-17-31-14-11-12-18-39(31)40/h8-18,20-29,40H,19,30H2,1-7H3. The topological polar surface area (TPSA) is 38.7 Å². The van der Waals surface area contributed by atoms with Gasteiger partial charge in [0.05, 0.1) is 0 Å². The summed E-state index contributed by atoms with van der Waals surface area (Å²) in [4.78, 5) is 15.5. The summed E-state index contributed by atoms with van der Waals surface area (Å²) in [6.07, 6.45) is 6.66. The van der Waals surface area contributed by atoms with Gasteiger partial charge in [0, 0.05) is 22.6 Å². The molecule has 0 saturated heterocycles. The SMILES string of the molecule is CC(C)(C)c1ccc(-c2nc(-c3ccccc3)nc(-c3cc(-c4ccc5c(c4)C(C)(C)CC5(C)C)cc(C4CC=Cc5ccccc54)c3)n2)cc1. The molecule has 254 valence electrons. The van der Waals surface area contributed by atoms with Crippen LogP contribution in [0.25, 0.3) is 51.4 Å². The van der Waals surface area contributed by atoms with E-state index in [1.54, 1.807) is 0 Å². The van der Waals surface area contributed by atoms with Crippen LogP contribution in [0, 0.1) is 0 Å². The third-order valence-electron chi connectivity index (χ3n) is 11.0. The highest BCUT2D eigenvalue weighted by Crippen LogP contribution is 2.50. The van der Waals surface area contributed by atoms with Gasteiger partial charge in [-0.15, -0.1) is 0 Å². The van der Waals surface area contributed by atoms with Crippen LogP contribution in [0.15, 0.2) is 121 Å². The zero-order chi connectivity index (χ0) is 35.5. The number of rotatable bonds is 5. The van der Waals surface area contributed by atoms with Crippen molar-refractivity contribution in [3.8, 4) is 45.3 Å². The number of aromatic nitrogens is 3. The molecule has 51 heavy (non-hydrogen) atoms. The van der Waals surface area contributed by atoms with Crippen LogP contribution < -0.4 is 0 Å². The molecule has 1 aromatic heterocycles. The number of allylic oxidation sites excluding steroid dienone is 1. The van der Waals surface area contributed by atoms with Gasteiger partial charge in [0.15, 0.2) is 17.5 Å². The van der Waals surface area contributed by atoms with E-state index in [9.17, 15) is 0 Å². The predicted octanol–water partition coefficient (Wildman–Crippen LogP) is 12.3. The normalized spacial score (nSPS) is 17.2. The molecule has 0 N–H and O–H groups in total. The van der Waals surface area contributed by atoms with Gasteiger partial charge >= 0.3 is 0 Å². The fourth-order valence-corrected chi connectivity index (χ4v) is 8.54. The maximum Gasteiger partial charge on any atom is 0.164 e. The lowest BCUT2D eigenvalue weighted by molar-refractivity contribution is 0.403. The minimum Gasteiger partial charge on any atom is -0.208 e. The van der Waals surface area contributed by atoms with Crippen LogP contribution in [0.2, 0.25) is 0 Å². The highest BCUT2D eigenvalue weighted by atomic mass is 15.0. The molecule has 1 atom stereocenters. The van der Waals surface area contributed by atoms with Gasteiger partial charge in [0.2, 0.25) is 0 Å². The molecule has 0 radical (unpaired) electrons. The van der Waals surface area contributed by atoms with E-state index < -0.39 is 0 Å². The number of hydrogen-bond acceptors (Lipinski definition) is 3. The molecule has 0 bridgehead atoms. The van der Waals surface area contributed by atoms with Crippen LogP contribution in [0.1, 0.15) is 101 Å². The molecule has 0 amide bonds. The summed E-state index contributed by atoms with van der Waals surface area (Å²) >= 11 is 0. The van der Waals surface area contributed by atoms with Crippen molar-refractivity contribution >= 4 is 6.08 Å². The van der Waals surface area contributed by atoms with Crippen molar-refractivity contribution < 1.29 is 0 Å². The fourth-order valence-electron chi connectivity index (χ4n) is 8.54. The van der Waals surface area contributed by atoms with Crippen LogP contribution in [0.3, 0.4) is 0 Å². The second-order valence-corrected chi connectivity index (χ2v) is 16.9. The third kappa shape index (κ3) is 6.24. The average Bonchev–Trinajstić information content (AvgIpc) is 3.33. The maximum atomic E-state index is 5.22. The van der Waals surface area contributed by atoms with E-state index in [0.717, 1.165) is 29.5 Å². The summed E-state index contributed by atoms with van der Waals surface area (Å²) in [5.41, 5.74) is 13.8. The van der Waals surface area contributed by atoms with E-state index in [4.69, 9.17) is 15.0 Å². The highest BCUT2D eigenvalue weighted by molar-refractivity contribution is 5.76. The molecule has 2 aliphatic rings. The van der Waals surface area contributed by atoms with E-state index >= 15 is 0 Å². The van der Waals surface area contributed by atoms with Crippen LogP contribution in [0.4, 0.5) is 0 Å². The molecule has 6 aromatic rings. The van der Waals surface area contributed by atoms with Crippen LogP contribution in [0.5, 0.6) is 0 Å². The highest BCUT2D eigenvalue weighted by Gasteiger charge is 2.41. The number of nitrogens with zero attached hydrogens (tertiary/aromatic N) is 3. The lowest BCUT2D eigenvalue weighted by atomic mass is 9.80. The van der Waals surface area contributed by atoms with Crippen molar-refractivity contribution in [3.05, 3.63) is 155 Å². The Hall–Kier alpha value is -5.15. The minimum absolute atomic E-state index is 0.0598. The lowest BCUT2D eigenvalue weighted by Gasteiger charge is -2.24. The molecule has 1 heterocycles. The third-order valence-corrected chi connectivity index (χ3v) is 11.0. The molecular weight excluding hydrogens is 619 g/mol. The number of fused-ring (bicyclic) bond motifs is 2. The van der Waals surface area contributed by atoms with Gasteiger partial charge in [0.1, 0.15) is 0 Å². The lowest BCUT2D eigenvalue weighted by Crippen LogP contribution is -2.17. The van der Waals surface area contributed by atoms with E-state index in [1.807, 2.05) is 18.2 Å². The van der Waals surface area contributed by atoms with Gasteiger partial charge in [-0.2, -0.15) is 0 Å². The van der Waals surface area contributed by atoms with Crippen molar-refractivity contribution in [3.63, 3.8) is 0 Å².